The maximum absolute atomic E-state index is 13.9. The Balaban J connectivity index is 1.54. The largest absolute Gasteiger partial charge is 0.350 e. The molecule has 2 saturated heterocycles. The highest BCUT2D eigenvalue weighted by Gasteiger charge is 2.44. The van der Waals surface area contributed by atoms with Crippen molar-refractivity contribution in [3.8, 4) is 0 Å². The quantitative estimate of drug-likeness (QED) is 0.291. The fourth-order valence-electron chi connectivity index (χ4n) is 5.30. The lowest BCUT2D eigenvalue weighted by atomic mass is 10.1. The Bertz CT molecular complexity index is 1350. The van der Waals surface area contributed by atoms with E-state index < -0.39 is 51.6 Å². The van der Waals surface area contributed by atoms with E-state index in [1.54, 1.807) is 48.5 Å². The monoisotopic (exact) mass is 604 g/mol. The third kappa shape index (κ3) is 8.04. The molecule has 0 aromatic heterocycles. The standard InChI is InChI=1S/C28H37ClN6O5S/c29-22-10-9-20(15-30)21(13-22)16-32-26(36)24-14-23(31)17-35(24)28(38)25(27(37)34-11-5-2-6-12-34)33-41(39,40)18-19-7-3-1-4-8-19/h1,3-4,7-10,13,23-25,33H,2,5-6,11-12,14-18,30-31H2,(H,32,36)/t23-,24+,25?/m1/s1. The first-order chi connectivity index (χ1) is 19.6. The Morgan fingerprint density at radius 2 is 1.71 bits per heavy atom. The van der Waals surface area contributed by atoms with Crippen molar-refractivity contribution < 1.29 is 22.8 Å². The molecule has 2 aromatic carbocycles. The lowest BCUT2D eigenvalue weighted by molar-refractivity contribution is -0.147. The van der Waals surface area contributed by atoms with Crippen LogP contribution in [0.4, 0.5) is 0 Å². The maximum Gasteiger partial charge on any atom is 0.251 e. The van der Waals surface area contributed by atoms with Crippen LogP contribution in [0, 0.1) is 0 Å². The highest BCUT2D eigenvalue weighted by Crippen LogP contribution is 2.21. The third-order valence-corrected chi connectivity index (χ3v) is 8.96. The van der Waals surface area contributed by atoms with E-state index in [4.69, 9.17) is 23.1 Å². The molecule has 2 heterocycles. The molecule has 3 atom stereocenters. The number of likely N-dealkylation sites (tertiary alicyclic amines) is 2. The van der Waals surface area contributed by atoms with E-state index in [2.05, 4.69) is 10.0 Å². The number of piperidine rings is 1. The molecule has 2 aliphatic heterocycles. The number of amides is 3. The number of benzene rings is 2. The van der Waals surface area contributed by atoms with Gasteiger partial charge in [-0.25, -0.2) is 8.42 Å². The molecule has 222 valence electrons. The van der Waals surface area contributed by atoms with Crippen molar-refractivity contribution in [2.45, 2.75) is 62.7 Å². The molecule has 1 unspecified atom stereocenters. The average molecular weight is 605 g/mol. The van der Waals surface area contributed by atoms with E-state index in [-0.39, 0.29) is 26.1 Å². The summed E-state index contributed by atoms with van der Waals surface area (Å²) in [5, 5.41) is 3.32. The van der Waals surface area contributed by atoms with Gasteiger partial charge in [0.2, 0.25) is 21.8 Å². The molecule has 0 radical (unpaired) electrons. The Hall–Kier alpha value is -3.03. The van der Waals surface area contributed by atoms with E-state index >= 15 is 0 Å². The molecule has 4 rings (SSSR count). The van der Waals surface area contributed by atoms with Crippen molar-refractivity contribution in [2.24, 2.45) is 11.5 Å². The smallest absolute Gasteiger partial charge is 0.251 e. The lowest BCUT2D eigenvalue weighted by Gasteiger charge is -2.33. The number of rotatable bonds is 10. The number of hydrogen-bond acceptors (Lipinski definition) is 7. The highest BCUT2D eigenvalue weighted by molar-refractivity contribution is 7.88. The van der Waals surface area contributed by atoms with Gasteiger partial charge in [0.15, 0.2) is 6.04 Å². The predicted molar refractivity (Wildman–Crippen MR) is 156 cm³/mol. The number of sulfonamides is 1. The van der Waals surface area contributed by atoms with E-state index in [1.165, 1.54) is 9.80 Å². The summed E-state index contributed by atoms with van der Waals surface area (Å²) in [5.41, 5.74) is 14.0. The minimum absolute atomic E-state index is 0.00628. The molecule has 2 aromatic rings. The van der Waals surface area contributed by atoms with Crippen LogP contribution in [0.3, 0.4) is 0 Å². The lowest BCUT2D eigenvalue weighted by Crippen LogP contribution is -2.60. The van der Waals surface area contributed by atoms with Crippen molar-refractivity contribution >= 4 is 39.3 Å². The van der Waals surface area contributed by atoms with Crippen molar-refractivity contribution in [1.29, 1.82) is 0 Å². The molecule has 0 saturated carbocycles. The minimum atomic E-state index is -4.10. The van der Waals surface area contributed by atoms with Gasteiger partial charge in [-0.05, 0) is 54.5 Å². The molecule has 0 aliphatic carbocycles. The molecule has 2 fully saturated rings. The zero-order valence-electron chi connectivity index (χ0n) is 22.8. The van der Waals surface area contributed by atoms with Gasteiger partial charge in [-0.1, -0.05) is 48.0 Å². The van der Waals surface area contributed by atoms with Crippen molar-refractivity contribution in [1.82, 2.24) is 19.8 Å². The van der Waals surface area contributed by atoms with Crippen molar-refractivity contribution in [3.05, 3.63) is 70.2 Å². The number of halogens is 1. The summed E-state index contributed by atoms with van der Waals surface area (Å²) in [6, 6.07) is 10.5. The van der Waals surface area contributed by atoms with Crippen LogP contribution in [0.15, 0.2) is 48.5 Å². The molecule has 0 bridgehead atoms. The van der Waals surface area contributed by atoms with E-state index in [1.807, 2.05) is 0 Å². The SMILES string of the molecule is NCc1ccc(Cl)cc1CNC(=O)[C@@H]1C[C@@H](N)CN1C(=O)C(NS(=O)(=O)Cc1ccccc1)C(=O)N1CCCCC1. The molecule has 13 heteroatoms. The summed E-state index contributed by atoms with van der Waals surface area (Å²) in [4.78, 5) is 43.6. The van der Waals surface area contributed by atoms with Gasteiger partial charge < -0.3 is 26.6 Å². The zero-order chi connectivity index (χ0) is 29.6. The summed E-state index contributed by atoms with van der Waals surface area (Å²) >= 11 is 6.12. The second kappa shape index (κ2) is 13.8. The van der Waals surface area contributed by atoms with E-state index in [9.17, 15) is 22.8 Å². The fraction of sp³-hybridized carbons (Fsp3) is 0.464. The maximum atomic E-state index is 13.9. The van der Waals surface area contributed by atoms with Gasteiger partial charge in [0, 0.05) is 43.8 Å². The Morgan fingerprint density at radius 1 is 1.00 bits per heavy atom. The second-order valence-electron chi connectivity index (χ2n) is 10.5. The number of nitrogens with two attached hydrogens (primary N) is 2. The molecular formula is C28H37ClN6O5S. The summed E-state index contributed by atoms with van der Waals surface area (Å²) in [6.07, 6.45) is 2.64. The van der Waals surface area contributed by atoms with Gasteiger partial charge in [0.05, 0.1) is 5.75 Å². The van der Waals surface area contributed by atoms with Crippen molar-refractivity contribution in [3.63, 3.8) is 0 Å². The second-order valence-corrected chi connectivity index (χ2v) is 12.7. The first-order valence-corrected chi connectivity index (χ1v) is 15.7. The van der Waals surface area contributed by atoms with Crippen LogP contribution in [-0.2, 0) is 43.2 Å². The van der Waals surface area contributed by atoms with E-state index in [0.29, 0.717) is 23.7 Å². The number of nitrogens with zero attached hydrogens (tertiary/aromatic N) is 2. The van der Waals surface area contributed by atoms with Crippen LogP contribution in [0.5, 0.6) is 0 Å². The third-order valence-electron chi connectivity index (χ3n) is 7.42. The number of carbonyl (C=O) groups is 3. The number of carbonyl (C=O) groups excluding carboxylic acids is 3. The highest BCUT2D eigenvalue weighted by atomic mass is 35.5. The van der Waals surface area contributed by atoms with Crippen LogP contribution in [0.2, 0.25) is 5.02 Å². The molecular weight excluding hydrogens is 568 g/mol. The topological polar surface area (TPSA) is 168 Å². The molecule has 0 spiro atoms. The predicted octanol–water partition coefficient (Wildman–Crippen LogP) is 0.844. The van der Waals surface area contributed by atoms with Gasteiger partial charge in [-0.15, -0.1) is 0 Å². The molecule has 6 N–H and O–H groups in total. The van der Waals surface area contributed by atoms with Crippen LogP contribution in [0.1, 0.15) is 42.4 Å². The van der Waals surface area contributed by atoms with E-state index in [0.717, 1.165) is 30.4 Å². The van der Waals surface area contributed by atoms with Gasteiger partial charge >= 0.3 is 0 Å². The summed E-state index contributed by atoms with van der Waals surface area (Å²) < 4.78 is 28.7. The van der Waals surface area contributed by atoms with Crippen LogP contribution in [-0.4, -0.2) is 73.7 Å². The summed E-state index contributed by atoms with van der Waals surface area (Å²) in [6.45, 7) is 1.24. The summed E-state index contributed by atoms with van der Waals surface area (Å²) in [5.74, 6) is -2.30. The van der Waals surface area contributed by atoms with Crippen LogP contribution < -0.4 is 21.5 Å². The minimum Gasteiger partial charge on any atom is -0.350 e. The molecule has 41 heavy (non-hydrogen) atoms. The zero-order valence-corrected chi connectivity index (χ0v) is 24.4. The average Bonchev–Trinajstić information content (AvgIpc) is 3.36. The van der Waals surface area contributed by atoms with Crippen molar-refractivity contribution in [2.75, 3.05) is 19.6 Å². The van der Waals surface area contributed by atoms with Gasteiger partial charge in [0.1, 0.15) is 6.04 Å². The van der Waals surface area contributed by atoms with Gasteiger partial charge in [-0.3, -0.25) is 14.4 Å². The Morgan fingerprint density at radius 3 is 2.39 bits per heavy atom. The molecule has 3 amide bonds. The Labute approximate surface area is 245 Å². The number of nitrogens with one attached hydrogen (secondary N) is 2. The summed E-state index contributed by atoms with van der Waals surface area (Å²) in [7, 11) is -4.10. The normalized spacial score (nSPS) is 20.1. The van der Waals surface area contributed by atoms with Gasteiger partial charge in [-0.2, -0.15) is 4.72 Å². The van der Waals surface area contributed by atoms with Gasteiger partial charge in [0.25, 0.3) is 5.91 Å². The van der Waals surface area contributed by atoms with Crippen LogP contribution in [0.25, 0.3) is 0 Å². The fourth-order valence-corrected chi connectivity index (χ4v) is 6.77. The first kappa shape index (κ1) is 30.9. The molecule has 2 aliphatic rings. The molecule has 11 nitrogen and oxygen atoms in total. The first-order valence-electron chi connectivity index (χ1n) is 13.7. The Kier molecular flexibility index (Phi) is 10.4. The van der Waals surface area contributed by atoms with Crippen LogP contribution >= 0.6 is 11.6 Å². The number of hydrogen-bond donors (Lipinski definition) is 4.